The lowest BCUT2D eigenvalue weighted by Crippen LogP contribution is -1.85. The van der Waals surface area contributed by atoms with Gasteiger partial charge < -0.3 is 0 Å². The van der Waals surface area contributed by atoms with Crippen molar-refractivity contribution in [2.24, 2.45) is 0 Å². The van der Waals surface area contributed by atoms with Gasteiger partial charge in [-0.1, -0.05) is 29.3 Å². The Morgan fingerprint density at radius 1 is 1.58 bits per heavy atom. The summed E-state index contributed by atoms with van der Waals surface area (Å²) in [5.41, 5.74) is 0.993. The third-order valence-electron chi connectivity index (χ3n) is 1.36. The van der Waals surface area contributed by atoms with Gasteiger partial charge in [0.2, 0.25) is 0 Å². The monoisotopic (exact) mass is 200 g/mol. The van der Waals surface area contributed by atoms with Crippen LogP contribution in [0.1, 0.15) is 5.56 Å². The molecule has 1 aromatic heterocycles. The Bertz CT molecular complexity index is 294. The molecule has 0 aliphatic carbocycles. The predicted octanol–water partition coefficient (Wildman–Crippen LogP) is 3.23. The maximum absolute atomic E-state index is 5.78. The van der Waals surface area contributed by atoms with Crippen molar-refractivity contribution in [1.82, 2.24) is 4.98 Å². The fourth-order valence-electron chi connectivity index (χ4n) is 0.820. The Hall–Kier alpha value is -0.530. The van der Waals surface area contributed by atoms with E-state index in [0.717, 1.165) is 5.56 Å². The third kappa shape index (κ3) is 2.84. The van der Waals surface area contributed by atoms with Gasteiger partial charge in [-0.05, 0) is 18.6 Å². The fraction of sp³-hybridized carbons (Fsp3) is 0.111. The molecule has 12 heavy (non-hydrogen) atoms. The lowest BCUT2D eigenvalue weighted by molar-refractivity contribution is 1.17. The fourth-order valence-corrected chi connectivity index (χ4v) is 1.17. The van der Waals surface area contributed by atoms with Crippen molar-refractivity contribution in [3.63, 3.8) is 0 Å². The van der Waals surface area contributed by atoms with Crippen LogP contribution in [0.15, 0.2) is 29.6 Å². The Morgan fingerprint density at radius 2 is 2.33 bits per heavy atom. The molecule has 1 rings (SSSR count). The predicted molar refractivity (Wildman–Crippen MR) is 52.2 cm³/mol. The van der Waals surface area contributed by atoms with Crippen LogP contribution in [0.2, 0.25) is 5.02 Å². The van der Waals surface area contributed by atoms with Gasteiger partial charge in [0.1, 0.15) is 0 Å². The van der Waals surface area contributed by atoms with Gasteiger partial charge in [0.05, 0.1) is 5.02 Å². The number of pyridine rings is 1. The minimum Gasteiger partial charge on any atom is -0.263 e. The minimum absolute atomic E-state index is 0.626. The first-order valence-electron chi connectivity index (χ1n) is 3.45. The van der Waals surface area contributed by atoms with Crippen molar-refractivity contribution in [1.29, 1.82) is 0 Å². The van der Waals surface area contributed by atoms with Crippen LogP contribution in [0.3, 0.4) is 0 Å². The second-order valence-electron chi connectivity index (χ2n) is 2.34. The Labute approximate surface area is 82.0 Å². The second-order valence-corrected chi connectivity index (χ2v) is 3.26. The SMILES string of the molecule is [CH2]C=C(Cl)Cc1cncc(Cl)c1. The molecule has 0 fully saturated rings. The van der Waals surface area contributed by atoms with Gasteiger partial charge in [-0.2, -0.15) is 0 Å². The number of nitrogens with zero attached hydrogens (tertiary/aromatic N) is 1. The summed E-state index contributed by atoms with van der Waals surface area (Å²) in [7, 11) is 0. The second kappa shape index (κ2) is 4.48. The van der Waals surface area contributed by atoms with Crippen LogP contribution >= 0.6 is 23.2 Å². The van der Waals surface area contributed by atoms with Crippen LogP contribution in [0.4, 0.5) is 0 Å². The average Bonchev–Trinajstić information content (AvgIpc) is 2.04. The maximum atomic E-state index is 5.78. The third-order valence-corrected chi connectivity index (χ3v) is 1.85. The molecule has 0 saturated heterocycles. The minimum atomic E-state index is 0.626. The molecule has 0 aliphatic rings. The van der Waals surface area contributed by atoms with Gasteiger partial charge in [0.15, 0.2) is 0 Å². The van der Waals surface area contributed by atoms with E-state index in [0.29, 0.717) is 16.5 Å². The van der Waals surface area contributed by atoms with Crippen molar-refractivity contribution in [2.45, 2.75) is 6.42 Å². The van der Waals surface area contributed by atoms with Crippen molar-refractivity contribution in [3.05, 3.63) is 47.1 Å². The molecule has 0 N–H and O–H groups in total. The Morgan fingerprint density at radius 3 is 2.92 bits per heavy atom. The smallest absolute Gasteiger partial charge is 0.0592 e. The number of rotatable bonds is 2. The molecule has 63 valence electrons. The molecule has 0 aromatic carbocycles. The molecule has 3 heteroatoms. The number of allylic oxidation sites excluding steroid dienone is 2. The summed E-state index contributed by atoms with van der Waals surface area (Å²) in [5, 5.41) is 1.32. The summed E-state index contributed by atoms with van der Waals surface area (Å²) in [6, 6.07) is 1.83. The van der Waals surface area contributed by atoms with E-state index in [1.165, 1.54) is 0 Å². The van der Waals surface area contributed by atoms with E-state index in [-0.39, 0.29) is 0 Å². The highest BCUT2D eigenvalue weighted by atomic mass is 35.5. The van der Waals surface area contributed by atoms with E-state index in [2.05, 4.69) is 11.9 Å². The molecule has 0 atom stereocenters. The zero-order chi connectivity index (χ0) is 8.97. The van der Waals surface area contributed by atoms with Crippen molar-refractivity contribution in [3.8, 4) is 0 Å². The molecule has 0 bridgehead atoms. The molecule has 0 aliphatic heterocycles. The molecule has 1 aromatic rings. The quantitative estimate of drug-likeness (QED) is 0.715. The first-order valence-corrected chi connectivity index (χ1v) is 4.21. The highest BCUT2D eigenvalue weighted by molar-refractivity contribution is 6.30. The molecule has 0 spiro atoms. The molecule has 1 radical (unpaired) electrons. The van der Waals surface area contributed by atoms with Gasteiger partial charge >= 0.3 is 0 Å². The summed E-state index contributed by atoms with van der Waals surface area (Å²) in [6.45, 7) is 3.56. The lowest BCUT2D eigenvalue weighted by atomic mass is 10.2. The van der Waals surface area contributed by atoms with Crippen LogP contribution in [0.5, 0.6) is 0 Å². The van der Waals surface area contributed by atoms with E-state index in [9.17, 15) is 0 Å². The molecular formula is C9H8Cl2N. The molecule has 0 saturated carbocycles. The van der Waals surface area contributed by atoms with Crippen LogP contribution < -0.4 is 0 Å². The number of halogens is 2. The van der Waals surface area contributed by atoms with Crippen LogP contribution in [-0.2, 0) is 6.42 Å². The van der Waals surface area contributed by atoms with E-state index in [1.54, 1.807) is 18.5 Å². The van der Waals surface area contributed by atoms with E-state index in [4.69, 9.17) is 23.2 Å². The number of hydrogen-bond acceptors (Lipinski definition) is 1. The van der Waals surface area contributed by atoms with Crippen molar-refractivity contribution < 1.29 is 0 Å². The molecule has 0 unspecified atom stereocenters. The topological polar surface area (TPSA) is 12.9 Å². The summed E-state index contributed by atoms with van der Waals surface area (Å²) < 4.78 is 0. The molecular weight excluding hydrogens is 193 g/mol. The molecule has 0 amide bonds. The van der Waals surface area contributed by atoms with Crippen LogP contribution in [0, 0.1) is 6.92 Å². The lowest BCUT2D eigenvalue weighted by Gasteiger charge is -1.98. The zero-order valence-electron chi connectivity index (χ0n) is 6.43. The number of hydrogen-bond donors (Lipinski definition) is 0. The van der Waals surface area contributed by atoms with E-state index < -0.39 is 0 Å². The zero-order valence-corrected chi connectivity index (χ0v) is 7.94. The van der Waals surface area contributed by atoms with Crippen molar-refractivity contribution >= 4 is 23.2 Å². The molecule has 1 heterocycles. The largest absolute Gasteiger partial charge is 0.263 e. The maximum Gasteiger partial charge on any atom is 0.0592 e. The van der Waals surface area contributed by atoms with E-state index in [1.807, 2.05) is 6.07 Å². The summed E-state index contributed by atoms with van der Waals surface area (Å²) in [4.78, 5) is 3.93. The Balaban J connectivity index is 2.76. The molecule has 1 nitrogen and oxygen atoms in total. The van der Waals surface area contributed by atoms with Gasteiger partial charge in [-0.15, -0.1) is 0 Å². The van der Waals surface area contributed by atoms with Crippen molar-refractivity contribution in [2.75, 3.05) is 0 Å². The normalized spacial score (nSPS) is 11.8. The summed E-state index contributed by atoms with van der Waals surface area (Å²) in [5.74, 6) is 0. The first kappa shape index (κ1) is 9.56. The summed E-state index contributed by atoms with van der Waals surface area (Å²) >= 11 is 11.5. The number of aromatic nitrogens is 1. The van der Waals surface area contributed by atoms with Gasteiger partial charge in [-0.25, -0.2) is 0 Å². The summed E-state index contributed by atoms with van der Waals surface area (Å²) in [6.07, 6.45) is 5.58. The van der Waals surface area contributed by atoms with Gasteiger partial charge in [0.25, 0.3) is 0 Å². The van der Waals surface area contributed by atoms with Gasteiger partial charge in [-0.3, -0.25) is 4.98 Å². The first-order chi connectivity index (χ1) is 5.72. The average molecular weight is 201 g/mol. The Kier molecular flexibility index (Phi) is 3.57. The standard InChI is InChI=1S/C9H8Cl2N/c1-2-8(10)3-7-4-9(11)6-12-5-7/h2,4-6H,1,3H2. The van der Waals surface area contributed by atoms with Gasteiger partial charge in [0, 0.05) is 23.8 Å². The van der Waals surface area contributed by atoms with Crippen LogP contribution in [0.25, 0.3) is 0 Å². The highest BCUT2D eigenvalue weighted by Crippen LogP contribution is 2.14. The van der Waals surface area contributed by atoms with E-state index >= 15 is 0 Å². The highest BCUT2D eigenvalue weighted by Gasteiger charge is 1.96. The van der Waals surface area contributed by atoms with Crippen LogP contribution in [-0.4, -0.2) is 4.98 Å².